The minimum absolute atomic E-state index is 0.740. The summed E-state index contributed by atoms with van der Waals surface area (Å²) in [4.78, 5) is 4.14. The van der Waals surface area contributed by atoms with Crippen molar-refractivity contribution >= 4 is 21.6 Å². The van der Waals surface area contributed by atoms with E-state index in [1.165, 1.54) is 0 Å². The fourth-order valence-electron chi connectivity index (χ4n) is 1.67. The normalized spacial score (nSPS) is 10.2. The molecule has 0 saturated heterocycles. The fraction of sp³-hybridized carbons (Fsp3) is 0.267. The van der Waals surface area contributed by atoms with Crippen molar-refractivity contribution in [3.63, 3.8) is 0 Å². The van der Waals surface area contributed by atoms with E-state index < -0.39 is 0 Å². The van der Waals surface area contributed by atoms with Crippen LogP contribution in [0.25, 0.3) is 0 Å². The molecule has 2 rings (SSSR count). The number of halogens is 1. The minimum Gasteiger partial charge on any atom is -0.494 e. The first-order valence-electron chi connectivity index (χ1n) is 6.34. The van der Waals surface area contributed by atoms with Crippen molar-refractivity contribution in [1.29, 1.82) is 0 Å². The van der Waals surface area contributed by atoms with Gasteiger partial charge < -0.3 is 10.1 Å². The lowest BCUT2D eigenvalue weighted by molar-refractivity contribution is 0.317. The first-order valence-corrected chi connectivity index (χ1v) is 7.13. The molecule has 0 atom stereocenters. The Morgan fingerprint density at radius 3 is 2.95 bits per heavy atom. The van der Waals surface area contributed by atoms with Crippen LogP contribution >= 0.6 is 15.9 Å². The van der Waals surface area contributed by atoms with Gasteiger partial charge in [-0.3, -0.25) is 4.98 Å². The lowest BCUT2D eigenvalue weighted by Gasteiger charge is -2.09. The molecule has 0 aliphatic rings. The molecule has 0 amide bonds. The van der Waals surface area contributed by atoms with Gasteiger partial charge in [-0.15, -0.1) is 0 Å². The van der Waals surface area contributed by atoms with E-state index in [9.17, 15) is 0 Å². The molecule has 3 nitrogen and oxygen atoms in total. The summed E-state index contributed by atoms with van der Waals surface area (Å²) in [5, 5.41) is 3.36. The average Bonchev–Trinajstić information content (AvgIpc) is 2.43. The molecule has 100 valence electrons. The van der Waals surface area contributed by atoms with Gasteiger partial charge in [0, 0.05) is 35.2 Å². The monoisotopic (exact) mass is 320 g/mol. The standard InChI is InChI=1S/C15H17BrN2O/c1-2-6-19-15-5-3-4-14(8-15)18-10-12-7-13(16)11-17-9-12/h3-5,7-9,11,18H,2,6,10H2,1H3. The molecule has 1 N–H and O–H groups in total. The minimum atomic E-state index is 0.740. The zero-order valence-corrected chi connectivity index (χ0v) is 12.5. The molecule has 0 aliphatic heterocycles. The molecule has 4 heteroatoms. The molecule has 1 aromatic heterocycles. The third kappa shape index (κ3) is 4.56. The Morgan fingerprint density at radius 1 is 1.26 bits per heavy atom. The number of hydrogen-bond donors (Lipinski definition) is 1. The first kappa shape index (κ1) is 13.9. The van der Waals surface area contributed by atoms with Crippen molar-refractivity contribution in [2.24, 2.45) is 0 Å². The van der Waals surface area contributed by atoms with Crippen LogP contribution in [0.4, 0.5) is 5.69 Å². The van der Waals surface area contributed by atoms with Gasteiger partial charge >= 0.3 is 0 Å². The lowest BCUT2D eigenvalue weighted by atomic mass is 10.2. The van der Waals surface area contributed by atoms with Gasteiger partial charge in [-0.05, 0) is 46.1 Å². The maximum Gasteiger partial charge on any atom is 0.121 e. The molecule has 1 aromatic carbocycles. The van der Waals surface area contributed by atoms with Gasteiger partial charge in [0.2, 0.25) is 0 Å². The summed E-state index contributed by atoms with van der Waals surface area (Å²) in [7, 11) is 0. The number of rotatable bonds is 6. The molecule has 0 bridgehead atoms. The molecule has 1 heterocycles. The second-order valence-electron chi connectivity index (χ2n) is 4.24. The molecular formula is C15H17BrN2O. The van der Waals surface area contributed by atoms with Crippen LogP contribution in [0.1, 0.15) is 18.9 Å². The van der Waals surface area contributed by atoms with Crippen LogP contribution in [-0.4, -0.2) is 11.6 Å². The number of benzene rings is 1. The van der Waals surface area contributed by atoms with Crippen molar-refractivity contribution in [2.75, 3.05) is 11.9 Å². The number of hydrogen-bond acceptors (Lipinski definition) is 3. The third-order valence-electron chi connectivity index (χ3n) is 2.57. The number of pyridine rings is 1. The third-order valence-corrected chi connectivity index (χ3v) is 3.00. The van der Waals surface area contributed by atoms with Crippen molar-refractivity contribution < 1.29 is 4.74 Å². The van der Waals surface area contributed by atoms with Crippen LogP contribution in [0.3, 0.4) is 0 Å². The van der Waals surface area contributed by atoms with Crippen LogP contribution in [0.15, 0.2) is 47.2 Å². The Balaban J connectivity index is 1.95. The highest BCUT2D eigenvalue weighted by atomic mass is 79.9. The topological polar surface area (TPSA) is 34.1 Å². The number of anilines is 1. The second kappa shape index (κ2) is 7.14. The number of nitrogens with zero attached hydrogens (tertiary/aromatic N) is 1. The summed E-state index contributed by atoms with van der Waals surface area (Å²) in [5.41, 5.74) is 2.18. The maximum absolute atomic E-state index is 5.61. The van der Waals surface area contributed by atoms with E-state index in [1.807, 2.05) is 30.5 Å². The predicted molar refractivity (Wildman–Crippen MR) is 81.5 cm³/mol. The quantitative estimate of drug-likeness (QED) is 0.864. The summed E-state index contributed by atoms with van der Waals surface area (Å²) < 4.78 is 6.60. The summed E-state index contributed by atoms with van der Waals surface area (Å²) >= 11 is 3.42. The molecule has 2 aromatic rings. The molecule has 0 fully saturated rings. The zero-order valence-electron chi connectivity index (χ0n) is 10.9. The molecule has 0 aliphatic carbocycles. The second-order valence-corrected chi connectivity index (χ2v) is 5.16. The molecular weight excluding hydrogens is 304 g/mol. The van der Waals surface area contributed by atoms with Crippen LogP contribution in [0.5, 0.6) is 5.75 Å². The largest absolute Gasteiger partial charge is 0.494 e. The summed E-state index contributed by atoms with van der Waals surface area (Å²) in [6, 6.07) is 10.1. The van der Waals surface area contributed by atoms with E-state index in [1.54, 1.807) is 6.20 Å². The van der Waals surface area contributed by atoms with Crippen molar-refractivity contribution in [1.82, 2.24) is 4.98 Å². The molecule has 0 unspecified atom stereocenters. The van der Waals surface area contributed by atoms with E-state index in [4.69, 9.17) is 4.74 Å². The van der Waals surface area contributed by atoms with Gasteiger partial charge in [0.15, 0.2) is 0 Å². The number of nitrogens with one attached hydrogen (secondary N) is 1. The van der Waals surface area contributed by atoms with Gasteiger partial charge in [0.1, 0.15) is 5.75 Å². The van der Waals surface area contributed by atoms with E-state index in [-0.39, 0.29) is 0 Å². The van der Waals surface area contributed by atoms with Crippen LogP contribution in [0.2, 0.25) is 0 Å². The maximum atomic E-state index is 5.61. The lowest BCUT2D eigenvalue weighted by Crippen LogP contribution is -2.01. The van der Waals surface area contributed by atoms with Crippen molar-refractivity contribution in [3.05, 3.63) is 52.8 Å². The number of ether oxygens (including phenoxy) is 1. The summed E-state index contributed by atoms with van der Waals surface area (Å²) in [6.45, 7) is 3.59. The Hall–Kier alpha value is -1.55. The first-order chi connectivity index (χ1) is 9.28. The smallest absolute Gasteiger partial charge is 0.121 e. The predicted octanol–water partition coefficient (Wildman–Crippen LogP) is 4.25. The molecule has 0 saturated carbocycles. The highest BCUT2D eigenvalue weighted by molar-refractivity contribution is 9.10. The van der Waals surface area contributed by atoms with E-state index in [2.05, 4.69) is 39.2 Å². The Morgan fingerprint density at radius 2 is 2.16 bits per heavy atom. The van der Waals surface area contributed by atoms with Crippen molar-refractivity contribution in [2.45, 2.75) is 19.9 Å². The van der Waals surface area contributed by atoms with Gasteiger partial charge in [0.05, 0.1) is 6.61 Å². The van der Waals surface area contributed by atoms with Crippen LogP contribution in [-0.2, 0) is 6.54 Å². The average molecular weight is 321 g/mol. The van der Waals surface area contributed by atoms with Gasteiger partial charge in [-0.2, -0.15) is 0 Å². The van der Waals surface area contributed by atoms with Crippen LogP contribution in [0, 0.1) is 0 Å². The van der Waals surface area contributed by atoms with E-state index in [0.29, 0.717) is 0 Å². The SMILES string of the molecule is CCCOc1cccc(NCc2cncc(Br)c2)c1. The van der Waals surface area contributed by atoms with E-state index in [0.717, 1.165) is 41.0 Å². The highest BCUT2D eigenvalue weighted by Crippen LogP contribution is 2.18. The van der Waals surface area contributed by atoms with Crippen molar-refractivity contribution in [3.8, 4) is 5.75 Å². The van der Waals surface area contributed by atoms with Crippen LogP contribution < -0.4 is 10.1 Å². The van der Waals surface area contributed by atoms with Gasteiger partial charge in [-0.25, -0.2) is 0 Å². The molecule has 19 heavy (non-hydrogen) atoms. The fourth-order valence-corrected chi connectivity index (χ4v) is 2.08. The number of aromatic nitrogens is 1. The highest BCUT2D eigenvalue weighted by Gasteiger charge is 1.98. The summed E-state index contributed by atoms with van der Waals surface area (Å²) in [6.07, 6.45) is 4.65. The molecule has 0 spiro atoms. The van der Waals surface area contributed by atoms with E-state index >= 15 is 0 Å². The zero-order chi connectivity index (χ0) is 13.5. The Bertz CT molecular complexity index is 531. The Kier molecular flexibility index (Phi) is 5.21. The Labute approximate surface area is 122 Å². The van der Waals surface area contributed by atoms with Gasteiger partial charge in [0.25, 0.3) is 0 Å². The molecule has 0 radical (unpaired) electrons. The van der Waals surface area contributed by atoms with Gasteiger partial charge in [-0.1, -0.05) is 13.0 Å². The summed E-state index contributed by atoms with van der Waals surface area (Å²) in [5.74, 6) is 0.902.